The van der Waals surface area contributed by atoms with Crippen LogP contribution in [0.1, 0.15) is 0 Å². The Morgan fingerprint density at radius 3 is 1.39 bits per heavy atom. The van der Waals surface area contributed by atoms with E-state index in [2.05, 4.69) is 217 Å². The maximum atomic E-state index is 2.53. The van der Waals surface area contributed by atoms with E-state index in [4.69, 9.17) is 0 Å². The monoisotopic (exact) mass is 705 g/mol. The molecule has 0 radical (unpaired) electrons. The fourth-order valence-electron chi connectivity index (χ4n) is 7.94. The van der Waals surface area contributed by atoms with Crippen molar-refractivity contribution in [3.63, 3.8) is 0 Å². The van der Waals surface area contributed by atoms with Crippen molar-refractivity contribution in [1.29, 1.82) is 0 Å². The first kappa shape index (κ1) is 32.0. The van der Waals surface area contributed by atoms with E-state index in [1.807, 2.05) is 11.3 Å². The summed E-state index contributed by atoms with van der Waals surface area (Å²) in [6, 6.07) is 77.3. The van der Waals surface area contributed by atoms with Crippen LogP contribution in [0.2, 0.25) is 0 Å². The Morgan fingerprint density at radius 2 is 0.778 bits per heavy atom. The molecule has 0 fully saturated rings. The summed E-state index contributed by atoms with van der Waals surface area (Å²) >= 11 is 1.86. The molecule has 0 saturated carbocycles. The van der Waals surface area contributed by atoms with E-state index in [-0.39, 0.29) is 0 Å². The van der Waals surface area contributed by atoms with Gasteiger partial charge in [0.1, 0.15) is 0 Å². The molecule has 0 bridgehead atoms. The second kappa shape index (κ2) is 13.7. The van der Waals surface area contributed by atoms with Gasteiger partial charge in [0.15, 0.2) is 0 Å². The normalized spacial score (nSPS) is 11.3. The second-order valence-electron chi connectivity index (χ2n) is 13.7. The summed E-state index contributed by atoms with van der Waals surface area (Å²) < 4.78 is 2.57. The summed E-state index contributed by atoms with van der Waals surface area (Å²) in [5.74, 6) is 0. The molecule has 2 heteroatoms. The molecule has 0 amide bonds. The Labute approximate surface area is 319 Å². The molecule has 1 nitrogen and oxygen atoms in total. The molecule has 0 aliphatic rings. The Morgan fingerprint density at radius 1 is 0.296 bits per heavy atom. The van der Waals surface area contributed by atoms with Gasteiger partial charge >= 0.3 is 0 Å². The summed E-state index contributed by atoms with van der Waals surface area (Å²) in [4.78, 5) is 2.53. The molecule has 9 aromatic carbocycles. The van der Waals surface area contributed by atoms with Gasteiger partial charge in [-0.2, -0.15) is 0 Å². The molecular formula is C52H35NS. The average molecular weight is 706 g/mol. The van der Waals surface area contributed by atoms with Crippen molar-refractivity contribution in [1.82, 2.24) is 0 Å². The third kappa shape index (κ3) is 5.65. The molecule has 0 aliphatic heterocycles. The minimum Gasteiger partial charge on any atom is -0.309 e. The van der Waals surface area contributed by atoms with E-state index in [9.17, 15) is 0 Å². The standard InChI is InChI=1S/C52H35NS/c1-5-17-36(18-6-1)40-33-47(38-21-9-3-10-22-38)52(48(34-40)39-23-11-4-12-24-39)53(41-29-30-46-45-27-15-16-28-50(45)54-51(46)35-41)49-32-31-42(37-19-7-2-8-20-37)43-25-13-14-26-44(43)49/h1-35H. The van der Waals surface area contributed by atoms with E-state index in [1.54, 1.807) is 0 Å². The number of hydrogen-bond acceptors (Lipinski definition) is 2. The number of nitrogens with zero attached hydrogens (tertiary/aromatic N) is 1. The molecule has 0 N–H and O–H groups in total. The van der Waals surface area contributed by atoms with Crippen LogP contribution in [0.3, 0.4) is 0 Å². The maximum Gasteiger partial charge on any atom is 0.0619 e. The summed E-state index contributed by atoms with van der Waals surface area (Å²) in [5, 5.41) is 5.00. The van der Waals surface area contributed by atoms with Gasteiger partial charge in [0.05, 0.1) is 11.4 Å². The van der Waals surface area contributed by atoms with E-state index < -0.39 is 0 Å². The zero-order valence-electron chi connectivity index (χ0n) is 29.6. The lowest BCUT2D eigenvalue weighted by Gasteiger charge is -2.32. The zero-order chi connectivity index (χ0) is 35.8. The molecule has 10 rings (SSSR count). The largest absolute Gasteiger partial charge is 0.309 e. The van der Waals surface area contributed by atoms with Crippen LogP contribution in [0.25, 0.3) is 75.5 Å². The van der Waals surface area contributed by atoms with Gasteiger partial charge in [-0.25, -0.2) is 0 Å². The van der Waals surface area contributed by atoms with Crippen LogP contribution >= 0.6 is 11.3 Å². The maximum absolute atomic E-state index is 2.53. The van der Waals surface area contributed by atoms with Gasteiger partial charge in [-0.3, -0.25) is 0 Å². The van der Waals surface area contributed by atoms with Crippen LogP contribution in [-0.4, -0.2) is 0 Å². The lowest BCUT2D eigenvalue weighted by molar-refractivity contribution is 1.30. The number of rotatable bonds is 7. The van der Waals surface area contributed by atoms with Crippen LogP contribution in [0, 0.1) is 0 Å². The Balaban J connectivity index is 1.34. The average Bonchev–Trinajstić information content (AvgIpc) is 3.63. The van der Waals surface area contributed by atoms with Crippen molar-refractivity contribution >= 4 is 59.3 Å². The molecule has 0 unspecified atom stereocenters. The van der Waals surface area contributed by atoms with Crippen LogP contribution in [0.4, 0.5) is 17.1 Å². The minimum atomic E-state index is 1.12. The molecule has 54 heavy (non-hydrogen) atoms. The van der Waals surface area contributed by atoms with Gasteiger partial charge in [0, 0.05) is 42.4 Å². The number of anilines is 3. The predicted molar refractivity (Wildman–Crippen MR) is 233 cm³/mol. The van der Waals surface area contributed by atoms with E-state index in [1.165, 1.54) is 75.5 Å². The number of fused-ring (bicyclic) bond motifs is 4. The highest BCUT2D eigenvalue weighted by atomic mass is 32.1. The van der Waals surface area contributed by atoms with Crippen molar-refractivity contribution in [2.75, 3.05) is 4.90 Å². The summed E-state index contributed by atoms with van der Waals surface area (Å²) in [6.45, 7) is 0. The van der Waals surface area contributed by atoms with Gasteiger partial charge < -0.3 is 4.90 Å². The van der Waals surface area contributed by atoms with Crippen LogP contribution in [0.15, 0.2) is 212 Å². The molecule has 0 saturated heterocycles. The molecule has 10 aromatic rings. The molecule has 254 valence electrons. The molecule has 1 aromatic heterocycles. The first-order valence-corrected chi connectivity index (χ1v) is 19.2. The number of benzene rings is 9. The second-order valence-corrected chi connectivity index (χ2v) is 14.8. The topological polar surface area (TPSA) is 3.24 Å². The summed E-state index contributed by atoms with van der Waals surface area (Å²) in [6.07, 6.45) is 0. The van der Waals surface area contributed by atoms with Gasteiger partial charge in [0.25, 0.3) is 0 Å². The van der Waals surface area contributed by atoms with Crippen LogP contribution in [0.5, 0.6) is 0 Å². The molecule has 0 aliphatic carbocycles. The minimum absolute atomic E-state index is 1.12. The first-order chi connectivity index (χ1) is 26.8. The van der Waals surface area contributed by atoms with Crippen molar-refractivity contribution < 1.29 is 0 Å². The summed E-state index contributed by atoms with van der Waals surface area (Å²) in [5.41, 5.74) is 12.9. The van der Waals surface area contributed by atoms with Crippen LogP contribution in [-0.2, 0) is 0 Å². The van der Waals surface area contributed by atoms with Crippen molar-refractivity contribution in [3.8, 4) is 44.5 Å². The SMILES string of the molecule is c1ccc(-c2cc(-c3ccccc3)c(N(c3ccc4c(c3)sc3ccccc34)c3ccc(-c4ccccc4)c4ccccc34)c(-c3ccccc3)c2)cc1. The quantitative estimate of drug-likeness (QED) is 0.160. The zero-order valence-corrected chi connectivity index (χ0v) is 30.4. The Bertz CT molecular complexity index is 2850. The van der Waals surface area contributed by atoms with E-state index in [0.29, 0.717) is 0 Å². The highest BCUT2D eigenvalue weighted by molar-refractivity contribution is 7.25. The third-order valence-corrected chi connectivity index (χ3v) is 11.6. The molecule has 0 spiro atoms. The molecule has 0 atom stereocenters. The highest BCUT2D eigenvalue weighted by Crippen LogP contribution is 2.51. The van der Waals surface area contributed by atoms with Crippen molar-refractivity contribution in [2.24, 2.45) is 0 Å². The Hall–Kier alpha value is -6.74. The van der Waals surface area contributed by atoms with E-state index in [0.717, 1.165) is 17.1 Å². The lowest BCUT2D eigenvalue weighted by Crippen LogP contribution is -2.13. The lowest BCUT2D eigenvalue weighted by atomic mass is 9.89. The fourth-order valence-corrected chi connectivity index (χ4v) is 9.08. The highest BCUT2D eigenvalue weighted by Gasteiger charge is 2.26. The number of hydrogen-bond donors (Lipinski definition) is 0. The van der Waals surface area contributed by atoms with Gasteiger partial charge in [-0.05, 0) is 75.2 Å². The van der Waals surface area contributed by atoms with E-state index >= 15 is 0 Å². The van der Waals surface area contributed by atoms with Crippen LogP contribution < -0.4 is 4.90 Å². The third-order valence-electron chi connectivity index (χ3n) is 10.5. The smallest absolute Gasteiger partial charge is 0.0619 e. The van der Waals surface area contributed by atoms with Crippen molar-refractivity contribution in [2.45, 2.75) is 0 Å². The van der Waals surface area contributed by atoms with Gasteiger partial charge in [0.2, 0.25) is 0 Å². The predicted octanol–water partition coefficient (Wildman–Crippen LogP) is 15.3. The Kier molecular flexibility index (Phi) is 8.09. The molecular weight excluding hydrogens is 671 g/mol. The van der Waals surface area contributed by atoms with Gasteiger partial charge in [-0.15, -0.1) is 11.3 Å². The van der Waals surface area contributed by atoms with Gasteiger partial charge in [-0.1, -0.05) is 176 Å². The fraction of sp³-hybridized carbons (Fsp3) is 0. The summed E-state index contributed by atoms with van der Waals surface area (Å²) in [7, 11) is 0. The first-order valence-electron chi connectivity index (χ1n) is 18.4. The molecule has 1 heterocycles. The number of thiophene rings is 1. The van der Waals surface area contributed by atoms with Crippen molar-refractivity contribution in [3.05, 3.63) is 212 Å².